The number of carboxylic acids is 1. The topological polar surface area (TPSA) is 49.3 Å². The summed E-state index contributed by atoms with van der Waals surface area (Å²) in [6.07, 6.45) is 0. The second kappa shape index (κ2) is 5.37. The third-order valence-electron chi connectivity index (χ3n) is 2.20. The van der Waals surface area contributed by atoms with E-state index in [1.54, 1.807) is 18.2 Å². The predicted molar refractivity (Wildman–Crippen MR) is 70.0 cm³/mol. The van der Waals surface area contributed by atoms with E-state index < -0.39 is 11.8 Å². The molecule has 3 nitrogen and oxygen atoms in total. The quantitative estimate of drug-likeness (QED) is 0.897. The van der Waals surface area contributed by atoms with Crippen LogP contribution in [0.1, 0.15) is 14.5 Å². The molecule has 2 N–H and O–H groups in total. The molecule has 0 aliphatic heterocycles. The Labute approximate surface area is 112 Å². The zero-order valence-electron chi connectivity index (χ0n) is 9.11. The highest BCUT2D eigenvalue weighted by molar-refractivity contribution is 7.13. The van der Waals surface area contributed by atoms with E-state index in [1.165, 1.54) is 23.5 Å². The first-order chi connectivity index (χ1) is 8.54. The summed E-state index contributed by atoms with van der Waals surface area (Å²) in [5, 5.41) is 12.1. The Kier molecular flexibility index (Phi) is 3.84. The van der Waals surface area contributed by atoms with Gasteiger partial charge in [0.1, 0.15) is 10.7 Å². The first kappa shape index (κ1) is 12.9. The van der Waals surface area contributed by atoms with Gasteiger partial charge in [-0.15, -0.1) is 11.3 Å². The molecule has 1 aromatic heterocycles. The molecule has 18 heavy (non-hydrogen) atoms. The molecule has 0 spiro atoms. The number of aromatic carboxylic acids is 1. The predicted octanol–water partition coefficient (Wildman–Crippen LogP) is 3.85. The molecule has 0 saturated heterocycles. The van der Waals surface area contributed by atoms with Gasteiger partial charge in [-0.05, 0) is 30.3 Å². The van der Waals surface area contributed by atoms with Crippen LogP contribution in [0.25, 0.3) is 0 Å². The van der Waals surface area contributed by atoms with Crippen molar-refractivity contribution in [3.63, 3.8) is 0 Å². The number of anilines is 1. The Hall–Kier alpha value is -1.59. The van der Waals surface area contributed by atoms with Crippen LogP contribution in [0.5, 0.6) is 0 Å². The van der Waals surface area contributed by atoms with Crippen molar-refractivity contribution in [3.8, 4) is 0 Å². The molecule has 0 aliphatic rings. The maximum atomic E-state index is 13.1. The van der Waals surface area contributed by atoms with Gasteiger partial charge in [0, 0.05) is 22.1 Å². The van der Waals surface area contributed by atoms with Crippen LogP contribution in [-0.4, -0.2) is 11.1 Å². The highest BCUT2D eigenvalue weighted by Crippen LogP contribution is 2.21. The molecule has 94 valence electrons. The molecular weight excluding hydrogens is 277 g/mol. The van der Waals surface area contributed by atoms with Gasteiger partial charge in [-0.25, -0.2) is 9.18 Å². The van der Waals surface area contributed by atoms with Gasteiger partial charge in [0.2, 0.25) is 0 Å². The lowest BCUT2D eigenvalue weighted by Gasteiger charge is -2.05. The number of benzene rings is 1. The zero-order chi connectivity index (χ0) is 13.1. The van der Waals surface area contributed by atoms with E-state index in [1.807, 2.05) is 0 Å². The summed E-state index contributed by atoms with van der Waals surface area (Å²) in [5.41, 5.74) is 0.560. The van der Waals surface area contributed by atoms with E-state index in [9.17, 15) is 9.18 Å². The van der Waals surface area contributed by atoms with Crippen LogP contribution in [-0.2, 0) is 6.54 Å². The minimum Gasteiger partial charge on any atom is -0.477 e. The molecule has 0 unspecified atom stereocenters. The van der Waals surface area contributed by atoms with Crippen LogP contribution in [0.2, 0.25) is 5.02 Å². The van der Waals surface area contributed by atoms with Gasteiger partial charge in [0.15, 0.2) is 0 Å². The minimum atomic E-state index is -0.944. The first-order valence-electron chi connectivity index (χ1n) is 5.06. The van der Waals surface area contributed by atoms with Crippen molar-refractivity contribution in [2.75, 3.05) is 5.32 Å². The lowest BCUT2D eigenvalue weighted by atomic mass is 10.3. The van der Waals surface area contributed by atoms with Crippen molar-refractivity contribution in [2.24, 2.45) is 0 Å². The smallest absolute Gasteiger partial charge is 0.345 e. The number of halogens is 2. The molecule has 2 rings (SSSR count). The van der Waals surface area contributed by atoms with Crippen molar-refractivity contribution in [1.29, 1.82) is 0 Å². The van der Waals surface area contributed by atoms with Crippen LogP contribution in [0, 0.1) is 5.82 Å². The van der Waals surface area contributed by atoms with E-state index in [2.05, 4.69) is 5.32 Å². The lowest BCUT2D eigenvalue weighted by molar-refractivity contribution is 0.0702. The summed E-state index contributed by atoms with van der Waals surface area (Å²) in [5.74, 6) is -1.36. The number of hydrogen-bond acceptors (Lipinski definition) is 3. The lowest BCUT2D eigenvalue weighted by Crippen LogP contribution is -1.97. The Morgan fingerprint density at radius 3 is 2.78 bits per heavy atom. The van der Waals surface area contributed by atoms with Gasteiger partial charge in [0.05, 0.1) is 0 Å². The normalized spacial score (nSPS) is 10.3. The molecule has 6 heteroatoms. The molecule has 1 heterocycles. The number of thiophene rings is 1. The summed E-state index contributed by atoms with van der Waals surface area (Å²) in [6.45, 7) is 0.428. The van der Waals surface area contributed by atoms with Gasteiger partial charge < -0.3 is 10.4 Å². The average Bonchev–Trinajstić information content (AvgIpc) is 2.73. The van der Waals surface area contributed by atoms with Crippen molar-refractivity contribution >= 4 is 34.6 Å². The molecule has 0 bridgehead atoms. The second-order valence-electron chi connectivity index (χ2n) is 3.58. The van der Waals surface area contributed by atoms with Crippen molar-refractivity contribution in [3.05, 3.63) is 50.9 Å². The van der Waals surface area contributed by atoms with Crippen molar-refractivity contribution < 1.29 is 14.3 Å². The van der Waals surface area contributed by atoms with E-state index in [4.69, 9.17) is 16.7 Å². The van der Waals surface area contributed by atoms with Crippen LogP contribution < -0.4 is 5.32 Å². The van der Waals surface area contributed by atoms with Gasteiger partial charge in [-0.3, -0.25) is 0 Å². The monoisotopic (exact) mass is 285 g/mol. The summed E-state index contributed by atoms with van der Waals surface area (Å²) < 4.78 is 13.1. The summed E-state index contributed by atoms with van der Waals surface area (Å²) in [7, 11) is 0. The summed E-state index contributed by atoms with van der Waals surface area (Å²) in [4.78, 5) is 11.8. The van der Waals surface area contributed by atoms with Gasteiger partial charge >= 0.3 is 5.97 Å². The molecule has 0 amide bonds. The zero-order valence-corrected chi connectivity index (χ0v) is 10.7. The molecular formula is C12H9ClFNO2S. The van der Waals surface area contributed by atoms with Crippen LogP contribution in [0.3, 0.4) is 0 Å². The van der Waals surface area contributed by atoms with Crippen molar-refractivity contribution in [1.82, 2.24) is 0 Å². The fourth-order valence-electron chi connectivity index (χ4n) is 1.43. The van der Waals surface area contributed by atoms with Crippen molar-refractivity contribution in [2.45, 2.75) is 6.54 Å². The third-order valence-corrected chi connectivity index (χ3v) is 3.49. The molecule has 0 aliphatic carbocycles. The number of carboxylic acid groups (broad SMARTS) is 1. The van der Waals surface area contributed by atoms with E-state index >= 15 is 0 Å². The third kappa shape index (κ3) is 3.21. The van der Waals surface area contributed by atoms with E-state index in [0.29, 0.717) is 17.3 Å². The number of hydrogen-bond donors (Lipinski definition) is 2. The number of nitrogens with one attached hydrogen (secondary N) is 1. The summed E-state index contributed by atoms with van der Waals surface area (Å²) >= 11 is 6.90. The highest BCUT2D eigenvalue weighted by Gasteiger charge is 2.07. The Morgan fingerprint density at radius 1 is 1.39 bits per heavy atom. The maximum Gasteiger partial charge on any atom is 0.345 e. The maximum absolute atomic E-state index is 13.1. The largest absolute Gasteiger partial charge is 0.477 e. The Morgan fingerprint density at radius 2 is 2.17 bits per heavy atom. The minimum absolute atomic E-state index is 0.282. The first-order valence-corrected chi connectivity index (χ1v) is 6.26. The standard InChI is InChI=1S/C12H9ClFNO2S/c13-7-3-8(14)5-9(4-7)15-6-10-1-2-11(18-10)12(16)17/h1-5,15H,6H2,(H,16,17). The highest BCUT2D eigenvalue weighted by atomic mass is 35.5. The Balaban J connectivity index is 2.04. The van der Waals surface area contributed by atoms with Gasteiger partial charge in [-0.2, -0.15) is 0 Å². The van der Waals surface area contributed by atoms with Gasteiger partial charge in [-0.1, -0.05) is 11.6 Å². The van der Waals surface area contributed by atoms with E-state index in [0.717, 1.165) is 4.88 Å². The summed E-state index contributed by atoms with van der Waals surface area (Å²) in [6, 6.07) is 7.43. The molecule has 0 saturated carbocycles. The SMILES string of the molecule is O=C(O)c1ccc(CNc2cc(F)cc(Cl)c2)s1. The Bertz CT molecular complexity index is 565. The number of rotatable bonds is 4. The van der Waals surface area contributed by atoms with Gasteiger partial charge in [0.25, 0.3) is 0 Å². The molecule has 0 fully saturated rings. The van der Waals surface area contributed by atoms with Crippen LogP contribution in [0.4, 0.5) is 10.1 Å². The molecule has 1 aromatic carbocycles. The number of carbonyl (C=O) groups is 1. The van der Waals surface area contributed by atoms with Crippen LogP contribution in [0.15, 0.2) is 30.3 Å². The van der Waals surface area contributed by atoms with E-state index in [-0.39, 0.29) is 4.88 Å². The average molecular weight is 286 g/mol. The fourth-order valence-corrected chi connectivity index (χ4v) is 2.44. The second-order valence-corrected chi connectivity index (χ2v) is 5.19. The molecule has 0 atom stereocenters. The molecule has 2 aromatic rings. The van der Waals surface area contributed by atoms with Crippen LogP contribution >= 0.6 is 22.9 Å². The molecule has 0 radical (unpaired) electrons. The fraction of sp³-hybridized carbons (Fsp3) is 0.0833.